The van der Waals surface area contributed by atoms with Crippen molar-refractivity contribution in [2.75, 3.05) is 13.7 Å². The van der Waals surface area contributed by atoms with E-state index in [1.54, 1.807) is 14.0 Å². The van der Waals surface area contributed by atoms with E-state index in [9.17, 15) is 9.90 Å². The zero-order valence-electron chi connectivity index (χ0n) is 7.88. The van der Waals surface area contributed by atoms with Crippen LogP contribution in [0.2, 0.25) is 0 Å². The van der Waals surface area contributed by atoms with E-state index in [2.05, 4.69) is 0 Å². The Labute approximate surface area is 73.7 Å². The van der Waals surface area contributed by atoms with Crippen molar-refractivity contribution in [3.63, 3.8) is 0 Å². The number of carbonyl (C=O) groups is 1. The zero-order valence-corrected chi connectivity index (χ0v) is 7.88. The van der Waals surface area contributed by atoms with Gasteiger partial charge in [0.25, 0.3) is 0 Å². The molecule has 0 radical (unpaired) electrons. The molecule has 3 heteroatoms. The average molecular weight is 174 g/mol. The molecule has 0 aromatic carbocycles. The lowest BCUT2D eigenvalue weighted by Crippen LogP contribution is -2.13. The maximum absolute atomic E-state index is 10.5. The molecule has 1 unspecified atom stereocenters. The molecule has 12 heavy (non-hydrogen) atoms. The number of rotatable bonds is 7. The van der Waals surface area contributed by atoms with Gasteiger partial charge in [0.15, 0.2) is 0 Å². The summed E-state index contributed by atoms with van der Waals surface area (Å²) < 4.78 is 4.76. The molecule has 0 aromatic rings. The molecular weight excluding hydrogens is 156 g/mol. The van der Waals surface area contributed by atoms with Crippen LogP contribution in [0, 0.1) is 0 Å². The number of aliphatic hydroxyl groups is 1. The summed E-state index contributed by atoms with van der Waals surface area (Å²) in [4.78, 5) is 10.5. The number of ketones is 1. The molecule has 0 aliphatic carbocycles. The Morgan fingerprint density at radius 3 is 2.67 bits per heavy atom. The molecule has 72 valence electrons. The first-order chi connectivity index (χ1) is 5.66. The van der Waals surface area contributed by atoms with Gasteiger partial charge in [-0.05, 0) is 19.8 Å². The van der Waals surface area contributed by atoms with Gasteiger partial charge in [0.05, 0.1) is 12.7 Å². The van der Waals surface area contributed by atoms with Crippen LogP contribution in [0.4, 0.5) is 0 Å². The first-order valence-electron chi connectivity index (χ1n) is 4.33. The van der Waals surface area contributed by atoms with E-state index in [1.807, 2.05) is 0 Å². The topological polar surface area (TPSA) is 46.5 Å². The van der Waals surface area contributed by atoms with Crippen LogP contribution in [0.5, 0.6) is 0 Å². The highest BCUT2D eigenvalue weighted by molar-refractivity contribution is 5.75. The monoisotopic (exact) mass is 174 g/mol. The smallest absolute Gasteiger partial charge is 0.129 e. The highest BCUT2D eigenvalue weighted by Gasteiger charge is 2.02. The fourth-order valence-corrected chi connectivity index (χ4v) is 1.03. The van der Waals surface area contributed by atoms with E-state index in [0.29, 0.717) is 13.0 Å². The largest absolute Gasteiger partial charge is 0.391 e. The molecule has 3 nitrogen and oxygen atoms in total. The van der Waals surface area contributed by atoms with Crippen molar-refractivity contribution in [1.29, 1.82) is 0 Å². The van der Waals surface area contributed by atoms with Gasteiger partial charge in [0, 0.05) is 13.5 Å². The van der Waals surface area contributed by atoms with Crippen molar-refractivity contribution >= 4 is 5.78 Å². The van der Waals surface area contributed by atoms with E-state index >= 15 is 0 Å². The van der Waals surface area contributed by atoms with Gasteiger partial charge in [-0.15, -0.1) is 0 Å². The van der Waals surface area contributed by atoms with Crippen LogP contribution in [-0.2, 0) is 9.53 Å². The molecule has 0 aliphatic rings. The molecule has 0 fully saturated rings. The van der Waals surface area contributed by atoms with Gasteiger partial charge in [0.1, 0.15) is 5.78 Å². The maximum atomic E-state index is 10.5. The van der Waals surface area contributed by atoms with Gasteiger partial charge in [-0.3, -0.25) is 0 Å². The molecule has 0 amide bonds. The Balaban J connectivity index is 3.13. The summed E-state index contributed by atoms with van der Waals surface area (Å²) in [5.41, 5.74) is 0. The lowest BCUT2D eigenvalue weighted by atomic mass is 10.1. The van der Waals surface area contributed by atoms with Crippen LogP contribution in [0.3, 0.4) is 0 Å². The lowest BCUT2D eigenvalue weighted by Gasteiger charge is -2.07. The Bertz CT molecular complexity index is 123. The van der Waals surface area contributed by atoms with Crippen LogP contribution < -0.4 is 0 Å². The maximum Gasteiger partial charge on any atom is 0.129 e. The molecule has 0 aliphatic heterocycles. The highest BCUT2D eigenvalue weighted by Crippen LogP contribution is 2.04. The lowest BCUT2D eigenvalue weighted by molar-refractivity contribution is -0.117. The first-order valence-corrected chi connectivity index (χ1v) is 4.33. The number of hydrogen-bond acceptors (Lipinski definition) is 3. The first kappa shape index (κ1) is 11.6. The van der Waals surface area contributed by atoms with Crippen LogP contribution >= 0.6 is 0 Å². The van der Waals surface area contributed by atoms with Crippen molar-refractivity contribution in [3.8, 4) is 0 Å². The van der Waals surface area contributed by atoms with E-state index in [-0.39, 0.29) is 11.9 Å². The zero-order chi connectivity index (χ0) is 9.40. The summed E-state index contributed by atoms with van der Waals surface area (Å²) in [5, 5.41) is 9.20. The molecular formula is C9H18O3. The van der Waals surface area contributed by atoms with Gasteiger partial charge < -0.3 is 14.6 Å². The van der Waals surface area contributed by atoms with Crippen LogP contribution in [0.15, 0.2) is 0 Å². The molecule has 0 bridgehead atoms. The molecule has 1 atom stereocenters. The molecule has 0 rings (SSSR count). The Kier molecular flexibility index (Phi) is 7.00. The Morgan fingerprint density at radius 2 is 2.17 bits per heavy atom. The van der Waals surface area contributed by atoms with Crippen molar-refractivity contribution in [1.82, 2.24) is 0 Å². The minimum atomic E-state index is -0.373. The van der Waals surface area contributed by atoms with Crippen molar-refractivity contribution in [2.45, 2.75) is 38.7 Å². The Morgan fingerprint density at radius 1 is 1.50 bits per heavy atom. The van der Waals surface area contributed by atoms with E-state index in [1.165, 1.54) is 0 Å². The number of methoxy groups -OCH3 is 1. The average Bonchev–Trinajstić information content (AvgIpc) is 1.98. The SMILES string of the molecule is COCC(O)CCCCC(C)=O. The van der Waals surface area contributed by atoms with E-state index < -0.39 is 0 Å². The molecule has 1 N–H and O–H groups in total. The van der Waals surface area contributed by atoms with Crippen LogP contribution in [0.25, 0.3) is 0 Å². The summed E-state index contributed by atoms with van der Waals surface area (Å²) in [6.07, 6.45) is 2.74. The van der Waals surface area contributed by atoms with Crippen LogP contribution in [-0.4, -0.2) is 30.7 Å². The number of aliphatic hydroxyl groups excluding tert-OH is 1. The predicted octanol–water partition coefficient (Wildman–Crippen LogP) is 1.14. The molecule has 0 saturated heterocycles. The highest BCUT2D eigenvalue weighted by atomic mass is 16.5. The standard InChI is InChI=1S/C9H18O3/c1-8(10)5-3-4-6-9(11)7-12-2/h9,11H,3-7H2,1-2H3. The van der Waals surface area contributed by atoms with Gasteiger partial charge in [-0.1, -0.05) is 6.42 Å². The van der Waals surface area contributed by atoms with E-state index in [0.717, 1.165) is 19.3 Å². The summed E-state index contributed by atoms with van der Waals surface area (Å²) in [7, 11) is 1.57. The second kappa shape index (κ2) is 7.25. The second-order valence-corrected chi connectivity index (χ2v) is 3.06. The quantitative estimate of drug-likeness (QED) is 0.589. The fourth-order valence-electron chi connectivity index (χ4n) is 1.03. The molecule has 0 spiro atoms. The summed E-state index contributed by atoms with van der Waals surface area (Å²) >= 11 is 0. The number of unbranched alkanes of at least 4 members (excludes halogenated alkanes) is 1. The number of Topliss-reactive ketones (excluding diaryl/α,β-unsaturated/α-hetero) is 1. The summed E-state index contributed by atoms with van der Waals surface area (Å²) in [5.74, 6) is 0.219. The third kappa shape index (κ3) is 7.69. The fraction of sp³-hybridized carbons (Fsp3) is 0.889. The molecule has 0 heterocycles. The van der Waals surface area contributed by atoms with Gasteiger partial charge in [0.2, 0.25) is 0 Å². The minimum Gasteiger partial charge on any atom is -0.391 e. The number of carbonyl (C=O) groups excluding carboxylic acids is 1. The third-order valence-corrected chi connectivity index (χ3v) is 1.68. The molecule has 0 aromatic heterocycles. The Hall–Kier alpha value is -0.410. The number of hydrogen-bond donors (Lipinski definition) is 1. The summed E-state index contributed by atoms with van der Waals surface area (Å²) in [6, 6.07) is 0. The van der Waals surface area contributed by atoms with Gasteiger partial charge in [-0.2, -0.15) is 0 Å². The number of ether oxygens (including phenoxy) is 1. The van der Waals surface area contributed by atoms with Crippen molar-refractivity contribution in [3.05, 3.63) is 0 Å². The third-order valence-electron chi connectivity index (χ3n) is 1.68. The van der Waals surface area contributed by atoms with E-state index in [4.69, 9.17) is 4.74 Å². The minimum absolute atomic E-state index is 0.219. The summed E-state index contributed by atoms with van der Waals surface area (Å²) in [6.45, 7) is 1.98. The predicted molar refractivity (Wildman–Crippen MR) is 47.0 cm³/mol. The van der Waals surface area contributed by atoms with Crippen molar-refractivity contribution in [2.24, 2.45) is 0 Å². The molecule has 0 saturated carbocycles. The van der Waals surface area contributed by atoms with Crippen molar-refractivity contribution < 1.29 is 14.6 Å². The van der Waals surface area contributed by atoms with Gasteiger partial charge in [-0.25, -0.2) is 0 Å². The second-order valence-electron chi connectivity index (χ2n) is 3.06. The van der Waals surface area contributed by atoms with Gasteiger partial charge >= 0.3 is 0 Å². The normalized spacial score (nSPS) is 12.9. The van der Waals surface area contributed by atoms with Crippen LogP contribution in [0.1, 0.15) is 32.6 Å².